The first-order valence-corrected chi connectivity index (χ1v) is 9.92. The number of aromatic nitrogens is 1. The normalized spacial score (nSPS) is 11.7. The minimum atomic E-state index is -0.419. The van der Waals surface area contributed by atoms with E-state index in [2.05, 4.69) is 15.6 Å². The van der Waals surface area contributed by atoms with Gasteiger partial charge in [0.1, 0.15) is 6.04 Å². The molecule has 0 fully saturated rings. The van der Waals surface area contributed by atoms with Crippen molar-refractivity contribution in [3.8, 4) is 0 Å². The van der Waals surface area contributed by atoms with Crippen LogP contribution < -0.4 is 10.6 Å². The molecule has 0 aliphatic heterocycles. The zero-order chi connectivity index (χ0) is 21.3. The van der Waals surface area contributed by atoms with Crippen LogP contribution >= 0.6 is 0 Å². The lowest BCUT2D eigenvalue weighted by molar-refractivity contribution is -0.121. The smallest absolute Gasteiger partial charge is 0.251 e. The number of carbonyl (C=O) groups excluding carboxylic acids is 2. The number of likely N-dealkylation sites (N-methyl/N-ethyl adjacent to an activating group) is 1. The van der Waals surface area contributed by atoms with Crippen LogP contribution in [0.4, 0.5) is 5.69 Å². The van der Waals surface area contributed by atoms with E-state index in [4.69, 9.17) is 0 Å². The van der Waals surface area contributed by atoms with Crippen LogP contribution in [-0.2, 0) is 11.3 Å². The number of anilines is 1. The maximum atomic E-state index is 13.0. The van der Waals surface area contributed by atoms with Crippen LogP contribution in [0.5, 0.6) is 0 Å². The average Bonchev–Trinajstić information content (AvgIpc) is 2.79. The van der Waals surface area contributed by atoms with Gasteiger partial charge in [0, 0.05) is 17.4 Å². The lowest BCUT2D eigenvalue weighted by atomic mass is 10.0. The van der Waals surface area contributed by atoms with Crippen LogP contribution in [0.25, 0.3) is 0 Å². The summed E-state index contributed by atoms with van der Waals surface area (Å²) in [6, 6.07) is 21.7. The van der Waals surface area contributed by atoms with Crippen molar-refractivity contribution in [1.29, 1.82) is 0 Å². The number of hydrogen-bond donors (Lipinski definition) is 2. The highest BCUT2D eigenvalue weighted by atomic mass is 16.2. The molecule has 6 nitrogen and oxygen atoms in total. The first-order valence-electron chi connectivity index (χ1n) is 9.92. The third-order valence-electron chi connectivity index (χ3n) is 4.85. The van der Waals surface area contributed by atoms with E-state index < -0.39 is 6.04 Å². The van der Waals surface area contributed by atoms with Crippen LogP contribution in [0, 0.1) is 0 Å². The third-order valence-corrected chi connectivity index (χ3v) is 4.85. The summed E-state index contributed by atoms with van der Waals surface area (Å²) in [6.07, 6.45) is 1.69. The van der Waals surface area contributed by atoms with Crippen LogP contribution in [0.2, 0.25) is 0 Å². The summed E-state index contributed by atoms with van der Waals surface area (Å²) in [5, 5.41) is 5.80. The SMILES string of the molecule is CCN(C)C(C(=O)Nc1cccc(C(=O)NCc2ccccn2)c1)c1ccccc1. The third kappa shape index (κ3) is 5.52. The summed E-state index contributed by atoms with van der Waals surface area (Å²) in [5.74, 6) is -0.362. The van der Waals surface area contributed by atoms with E-state index in [0.717, 1.165) is 17.8 Å². The molecular weight excluding hydrogens is 376 g/mol. The molecule has 3 aromatic rings. The predicted octanol–water partition coefficient (Wildman–Crippen LogP) is 3.64. The largest absolute Gasteiger partial charge is 0.346 e. The van der Waals surface area contributed by atoms with Crippen molar-refractivity contribution in [3.05, 3.63) is 95.8 Å². The molecule has 0 bridgehead atoms. The standard InChI is InChI=1S/C24H26N4O2/c1-3-28(2)22(18-10-5-4-6-11-18)24(30)27-20-14-9-12-19(16-20)23(29)26-17-21-13-7-8-15-25-21/h4-16,22H,3,17H2,1-2H3,(H,26,29)(H,27,30). The average molecular weight is 402 g/mol. The first kappa shape index (κ1) is 21.2. The number of rotatable bonds is 8. The molecule has 30 heavy (non-hydrogen) atoms. The van der Waals surface area contributed by atoms with E-state index in [1.807, 2.05) is 67.4 Å². The van der Waals surface area contributed by atoms with E-state index in [-0.39, 0.29) is 11.8 Å². The van der Waals surface area contributed by atoms with Crippen LogP contribution in [0.1, 0.15) is 34.6 Å². The molecule has 0 aliphatic rings. The molecular formula is C24H26N4O2. The quantitative estimate of drug-likeness (QED) is 0.603. The Morgan fingerprint density at radius 2 is 1.77 bits per heavy atom. The van der Waals surface area contributed by atoms with Crippen LogP contribution in [-0.4, -0.2) is 35.3 Å². The second kappa shape index (κ2) is 10.3. The van der Waals surface area contributed by atoms with Crippen molar-refractivity contribution < 1.29 is 9.59 Å². The van der Waals surface area contributed by atoms with Crippen molar-refractivity contribution in [3.63, 3.8) is 0 Å². The van der Waals surface area contributed by atoms with Gasteiger partial charge in [-0.2, -0.15) is 0 Å². The summed E-state index contributed by atoms with van der Waals surface area (Å²) in [6.45, 7) is 3.08. The topological polar surface area (TPSA) is 74.3 Å². The van der Waals surface area contributed by atoms with Gasteiger partial charge in [-0.05, 0) is 49.5 Å². The summed E-state index contributed by atoms with van der Waals surface area (Å²) in [4.78, 5) is 31.7. The monoisotopic (exact) mass is 402 g/mol. The van der Waals surface area contributed by atoms with E-state index >= 15 is 0 Å². The van der Waals surface area contributed by atoms with Crippen molar-refractivity contribution in [2.24, 2.45) is 0 Å². The Labute approximate surface area is 177 Å². The molecule has 2 aromatic carbocycles. The molecule has 2 N–H and O–H groups in total. The lowest BCUT2D eigenvalue weighted by Gasteiger charge is -2.26. The Morgan fingerprint density at radius 3 is 2.47 bits per heavy atom. The highest BCUT2D eigenvalue weighted by molar-refractivity contribution is 5.98. The van der Waals surface area contributed by atoms with Crippen molar-refractivity contribution in [2.75, 3.05) is 18.9 Å². The summed E-state index contributed by atoms with van der Waals surface area (Å²) in [5.41, 5.74) is 2.76. The van der Waals surface area contributed by atoms with E-state index in [9.17, 15) is 9.59 Å². The van der Waals surface area contributed by atoms with Gasteiger partial charge in [-0.1, -0.05) is 49.4 Å². The van der Waals surface area contributed by atoms with Crippen LogP contribution in [0.3, 0.4) is 0 Å². The van der Waals surface area contributed by atoms with Gasteiger partial charge in [-0.25, -0.2) is 0 Å². The van der Waals surface area contributed by atoms with E-state index in [1.54, 1.807) is 30.5 Å². The number of benzene rings is 2. The maximum absolute atomic E-state index is 13.0. The Hall–Kier alpha value is -3.51. The van der Waals surface area contributed by atoms with E-state index in [1.165, 1.54) is 0 Å². The second-order valence-corrected chi connectivity index (χ2v) is 6.96. The predicted molar refractivity (Wildman–Crippen MR) is 118 cm³/mol. The highest BCUT2D eigenvalue weighted by Gasteiger charge is 2.24. The van der Waals surface area contributed by atoms with E-state index in [0.29, 0.717) is 17.8 Å². The molecule has 0 saturated heterocycles. The molecule has 1 unspecified atom stereocenters. The Balaban J connectivity index is 1.70. The summed E-state index contributed by atoms with van der Waals surface area (Å²) in [7, 11) is 1.92. The molecule has 0 radical (unpaired) electrons. The van der Waals surface area contributed by atoms with Gasteiger partial charge in [-0.15, -0.1) is 0 Å². The van der Waals surface area contributed by atoms with Gasteiger partial charge in [0.25, 0.3) is 5.91 Å². The molecule has 6 heteroatoms. The number of nitrogens with zero attached hydrogens (tertiary/aromatic N) is 2. The van der Waals surface area contributed by atoms with Crippen molar-refractivity contribution in [1.82, 2.24) is 15.2 Å². The van der Waals surface area contributed by atoms with Crippen molar-refractivity contribution >= 4 is 17.5 Å². The molecule has 0 saturated carbocycles. The molecule has 154 valence electrons. The molecule has 0 aliphatic carbocycles. The van der Waals surface area contributed by atoms with Gasteiger partial charge in [0.05, 0.1) is 12.2 Å². The Morgan fingerprint density at radius 1 is 1.00 bits per heavy atom. The fraction of sp³-hybridized carbons (Fsp3) is 0.208. The first-order chi connectivity index (χ1) is 14.6. The van der Waals surface area contributed by atoms with Gasteiger partial charge in [0.2, 0.25) is 5.91 Å². The van der Waals surface area contributed by atoms with Gasteiger partial charge < -0.3 is 10.6 Å². The number of pyridine rings is 1. The number of nitrogens with one attached hydrogen (secondary N) is 2. The molecule has 3 rings (SSSR count). The molecule has 1 atom stereocenters. The fourth-order valence-electron chi connectivity index (χ4n) is 3.15. The number of carbonyl (C=O) groups is 2. The second-order valence-electron chi connectivity index (χ2n) is 6.96. The molecule has 2 amide bonds. The fourth-order valence-corrected chi connectivity index (χ4v) is 3.15. The molecule has 0 spiro atoms. The zero-order valence-electron chi connectivity index (χ0n) is 17.2. The van der Waals surface area contributed by atoms with Gasteiger partial charge in [0.15, 0.2) is 0 Å². The molecule has 1 heterocycles. The summed E-state index contributed by atoms with van der Waals surface area (Å²) < 4.78 is 0. The summed E-state index contributed by atoms with van der Waals surface area (Å²) >= 11 is 0. The Bertz CT molecular complexity index is 977. The van der Waals surface area contributed by atoms with Gasteiger partial charge >= 0.3 is 0 Å². The lowest BCUT2D eigenvalue weighted by Crippen LogP contribution is -2.34. The van der Waals surface area contributed by atoms with Crippen LogP contribution in [0.15, 0.2) is 79.0 Å². The van der Waals surface area contributed by atoms with Crippen molar-refractivity contribution in [2.45, 2.75) is 19.5 Å². The number of amides is 2. The zero-order valence-corrected chi connectivity index (χ0v) is 17.2. The van der Waals surface area contributed by atoms with Gasteiger partial charge in [-0.3, -0.25) is 19.5 Å². The Kier molecular flexibility index (Phi) is 7.29. The highest BCUT2D eigenvalue weighted by Crippen LogP contribution is 2.22. The maximum Gasteiger partial charge on any atom is 0.251 e. The molecule has 1 aromatic heterocycles. The number of hydrogen-bond acceptors (Lipinski definition) is 4. The minimum Gasteiger partial charge on any atom is -0.346 e. The minimum absolute atomic E-state index is 0.142.